The quantitative estimate of drug-likeness (QED) is 0.864. The molecule has 0 amide bonds. The van der Waals surface area contributed by atoms with E-state index in [1.165, 1.54) is 12.3 Å². The molecule has 1 aromatic rings. The summed E-state index contributed by atoms with van der Waals surface area (Å²) in [5.74, 6) is 0. The summed E-state index contributed by atoms with van der Waals surface area (Å²) < 4.78 is 36.2. The van der Waals surface area contributed by atoms with Crippen molar-refractivity contribution >= 4 is 15.9 Å². The molecule has 0 saturated heterocycles. The first-order chi connectivity index (χ1) is 6.88. The summed E-state index contributed by atoms with van der Waals surface area (Å²) in [5, 5.41) is 9.42. The number of aliphatic hydroxyl groups excluding tert-OH is 1. The maximum atomic E-state index is 11.9. The molecule has 0 bridgehead atoms. The van der Waals surface area contributed by atoms with Crippen molar-refractivity contribution in [1.29, 1.82) is 0 Å². The summed E-state index contributed by atoms with van der Waals surface area (Å²) in [6, 6.07) is 3.12. The van der Waals surface area contributed by atoms with Crippen molar-refractivity contribution in [3.63, 3.8) is 0 Å². The highest BCUT2D eigenvalue weighted by atomic mass is 79.9. The summed E-state index contributed by atoms with van der Waals surface area (Å²) in [6.45, 7) is 0. The molecule has 0 aliphatic heterocycles. The van der Waals surface area contributed by atoms with Gasteiger partial charge in [-0.15, -0.1) is 0 Å². The second-order valence-corrected chi connectivity index (χ2v) is 3.90. The van der Waals surface area contributed by atoms with Crippen molar-refractivity contribution in [2.75, 3.05) is 0 Å². The van der Waals surface area contributed by atoms with E-state index in [0.717, 1.165) is 0 Å². The van der Waals surface area contributed by atoms with Crippen molar-refractivity contribution < 1.29 is 18.3 Å². The van der Waals surface area contributed by atoms with Crippen LogP contribution in [0.25, 0.3) is 0 Å². The van der Waals surface area contributed by atoms with Crippen LogP contribution in [0.3, 0.4) is 0 Å². The normalized spacial score (nSPS) is 13.9. The zero-order chi connectivity index (χ0) is 11.5. The largest absolute Gasteiger partial charge is 0.389 e. The van der Waals surface area contributed by atoms with Gasteiger partial charge in [0, 0.05) is 12.6 Å². The van der Waals surface area contributed by atoms with E-state index in [2.05, 4.69) is 20.9 Å². The van der Waals surface area contributed by atoms with Crippen LogP contribution in [0, 0.1) is 0 Å². The fourth-order valence-corrected chi connectivity index (χ4v) is 1.29. The number of pyridine rings is 1. The second-order valence-electron chi connectivity index (χ2n) is 3.08. The van der Waals surface area contributed by atoms with Crippen LogP contribution in [0.2, 0.25) is 0 Å². The molecule has 0 fully saturated rings. The minimum atomic E-state index is -4.23. The SMILES string of the molecule is OC(CCC(F)(F)F)c1ccc(Br)nc1. The predicted molar refractivity (Wildman–Crippen MR) is 52.2 cm³/mol. The Hall–Kier alpha value is -0.620. The number of nitrogens with zero attached hydrogens (tertiary/aromatic N) is 1. The number of halogens is 4. The lowest BCUT2D eigenvalue weighted by atomic mass is 10.1. The van der Waals surface area contributed by atoms with Gasteiger partial charge in [0.1, 0.15) is 4.60 Å². The zero-order valence-corrected chi connectivity index (χ0v) is 9.22. The standard InChI is InChI=1S/C9H9BrF3NO/c10-8-2-1-6(5-14-8)7(15)3-4-9(11,12)13/h1-2,5,7,15H,3-4H2. The van der Waals surface area contributed by atoms with E-state index < -0.39 is 18.7 Å². The molecule has 1 atom stereocenters. The monoisotopic (exact) mass is 283 g/mol. The van der Waals surface area contributed by atoms with E-state index >= 15 is 0 Å². The number of aromatic nitrogens is 1. The second kappa shape index (κ2) is 4.94. The molecule has 84 valence electrons. The fourth-order valence-electron chi connectivity index (χ4n) is 1.05. The maximum absolute atomic E-state index is 11.9. The number of hydrogen-bond acceptors (Lipinski definition) is 2. The van der Waals surface area contributed by atoms with Gasteiger partial charge in [0.25, 0.3) is 0 Å². The Kier molecular flexibility index (Phi) is 4.10. The summed E-state index contributed by atoms with van der Waals surface area (Å²) in [7, 11) is 0. The minimum Gasteiger partial charge on any atom is -0.388 e. The summed E-state index contributed by atoms with van der Waals surface area (Å²) in [5.41, 5.74) is 0.391. The lowest BCUT2D eigenvalue weighted by molar-refractivity contribution is -0.140. The van der Waals surface area contributed by atoms with E-state index in [-0.39, 0.29) is 6.42 Å². The average molecular weight is 284 g/mol. The molecule has 0 saturated carbocycles. The Morgan fingerprint density at radius 1 is 1.40 bits per heavy atom. The number of hydrogen-bond donors (Lipinski definition) is 1. The van der Waals surface area contributed by atoms with E-state index in [4.69, 9.17) is 0 Å². The third-order valence-electron chi connectivity index (χ3n) is 1.84. The van der Waals surface area contributed by atoms with Crippen molar-refractivity contribution in [2.45, 2.75) is 25.1 Å². The van der Waals surface area contributed by atoms with E-state index in [0.29, 0.717) is 10.2 Å². The van der Waals surface area contributed by atoms with Gasteiger partial charge in [-0.3, -0.25) is 0 Å². The van der Waals surface area contributed by atoms with Gasteiger partial charge >= 0.3 is 6.18 Å². The van der Waals surface area contributed by atoms with Gasteiger partial charge in [0.2, 0.25) is 0 Å². The Bertz CT molecular complexity index is 312. The molecule has 1 aromatic heterocycles. The average Bonchev–Trinajstić information content (AvgIpc) is 2.14. The molecule has 15 heavy (non-hydrogen) atoms. The highest BCUT2D eigenvalue weighted by molar-refractivity contribution is 9.10. The number of rotatable bonds is 3. The molecule has 0 radical (unpaired) electrons. The minimum absolute atomic E-state index is 0.340. The molecule has 0 aliphatic rings. The third kappa shape index (κ3) is 4.61. The van der Waals surface area contributed by atoms with E-state index in [9.17, 15) is 18.3 Å². The molecule has 1 heterocycles. The van der Waals surface area contributed by atoms with Crippen molar-refractivity contribution in [1.82, 2.24) is 4.98 Å². The highest BCUT2D eigenvalue weighted by Gasteiger charge is 2.28. The van der Waals surface area contributed by atoms with Gasteiger partial charge in [0.05, 0.1) is 6.10 Å². The summed E-state index contributed by atoms with van der Waals surface area (Å²) in [6.07, 6.45) is -5.33. The van der Waals surface area contributed by atoms with E-state index in [1.807, 2.05) is 0 Å². The Balaban J connectivity index is 2.54. The van der Waals surface area contributed by atoms with Gasteiger partial charge in [-0.1, -0.05) is 6.07 Å². The molecule has 0 aliphatic carbocycles. The topological polar surface area (TPSA) is 33.1 Å². The first-order valence-electron chi connectivity index (χ1n) is 4.25. The number of alkyl halides is 3. The molecule has 2 nitrogen and oxygen atoms in total. The first kappa shape index (κ1) is 12.4. The highest BCUT2D eigenvalue weighted by Crippen LogP contribution is 2.27. The van der Waals surface area contributed by atoms with Gasteiger partial charge in [0.15, 0.2) is 0 Å². The summed E-state index contributed by atoms with van der Waals surface area (Å²) >= 11 is 3.09. The van der Waals surface area contributed by atoms with Crippen molar-refractivity contribution in [3.8, 4) is 0 Å². The molecule has 1 unspecified atom stereocenters. The zero-order valence-electron chi connectivity index (χ0n) is 7.63. The van der Waals surface area contributed by atoms with E-state index in [1.54, 1.807) is 6.07 Å². The lowest BCUT2D eigenvalue weighted by Crippen LogP contribution is -2.10. The van der Waals surface area contributed by atoms with Crippen molar-refractivity contribution in [3.05, 3.63) is 28.5 Å². The van der Waals surface area contributed by atoms with Gasteiger partial charge in [-0.25, -0.2) is 4.98 Å². The van der Waals surface area contributed by atoms with Gasteiger partial charge < -0.3 is 5.11 Å². The smallest absolute Gasteiger partial charge is 0.388 e. The lowest BCUT2D eigenvalue weighted by Gasteiger charge is -2.12. The molecular formula is C9H9BrF3NO. The van der Waals surface area contributed by atoms with Crippen LogP contribution < -0.4 is 0 Å². The molecule has 0 aromatic carbocycles. The van der Waals surface area contributed by atoms with Crippen LogP contribution in [-0.4, -0.2) is 16.3 Å². The Labute approximate surface area is 93.3 Å². The van der Waals surface area contributed by atoms with Crippen molar-refractivity contribution in [2.24, 2.45) is 0 Å². The number of aliphatic hydroxyl groups is 1. The predicted octanol–water partition coefficient (Wildman–Crippen LogP) is 3.22. The van der Waals surface area contributed by atoms with Gasteiger partial charge in [-0.2, -0.15) is 13.2 Å². The maximum Gasteiger partial charge on any atom is 0.389 e. The van der Waals surface area contributed by atoms with Crippen LogP contribution in [0.4, 0.5) is 13.2 Å². The molecule has 6 heteroatoms. The van der Waals surface area contributed by atoms with Crippen LogP contribution in [0.15, 0.2) is 22.9 Å². The third-order valence-corrected chi connectivity index (χ3v) is 2.31. The molecular weight excluding hydrogens is 275 g/mol. The van der Waals surface area contributed by atoms with Gasteiger partial charge in [-0.05, 0) is 34.0 Å². The van der Waals surface area contributed by atoms with Crippen LogP contribution in [-0.2, 0) is 0 Å². The van der Waals surface area contributed by atoms with Crippen LogP contribution in [0.1, 0.15) is 24.5 Å². The first-order valence-corrected chi connectivity index (χ1v) is 5.04. The molecule has 0 spiro atoms. The summed E-state index contributed by atoms with van der Waals surface area (Å²) in [4.78, 5) is 3.82. The molecule has 1 rings (SSSR count). The molecule has 1 N–H and O–H groups in total. The Morgan fingerprint density at radius 3 is 2.53 bits per heavy atom. The van der Waals surface area contributed by atoms with Crippen LogP contribution in [0.5, 0.6) is 0 Å². The fraction of sp³-hybridized carbons (Fsp3) is 0.444. The van der Waals surface area contributed by atoms with Crippen LogP contribution >= 0.6 is 15.9 Å². The Morgan fingerprint density at radius 2 is 2.07 bits per heavy atom.